The highest BCUT2D eigenvalue weighted by molar-refractivity contribution is 8.00. The van der Waals surface area contributed by atoms with Crippen molar-refractivity contribution in [2.45, 2.75) is 23.6 Å². The Hall–Kier alpha value is -2.61. The standard InChI is InChI=1S/C19H17F3N2O2S/c20-19(21,22)27-17-15(14-8-4-5-9-16(14)24-17)10-11-23-18(25)26-12-13-6-2-1-3-7-13/h1-9,24H,10-12H2,(H,23,25). The van der Waals surface area contributed by atoms with Gasteiger partial charge in [-0.05, 0) is 23.6 Å². The number of rotatable bonds is 6. The number of halogens is 3. The molecule has 0 saturated carbocycles. The first kappa shape index (κ1) is 19.2. The quantitative estimate of drug-likeness (QED) is 0.562. The number of carbonyl (C=O) groups excluding carboxylic acids is 1. The van der Waals surface area contributed by atoms with Gasteiger partial charge in [0.05, 0.1) is 5.03 Å². The van der Waals surface area contributed by atoms with E-state index in [0.717, 1.165) is 5.56 Å². The summed E-state index contributed by atoms with van der Waals surface area (Å²) in [4.78, 5) is 14.6. The molecule has 8 heteroatoms. The van der Waals surface area contributed by atoms with Crippen LogP contribution in [0.3, 0.4) is 0 Å². The van der Waals surface area contributed by atoms with Crippen LogP contribution < -0.4 is 5.32 Å². The number of fused-ring (bicyclic) bond motifs is 1. The third kappa shape index (κ3) is 5.43. The monoisotopic (exact) mass is 394 g/mol. The molecule has 0 bridgehead atoms. The van der Waals surface area contributed by atoms with Crippen LogP contribution in [0.1, 0.15) is 11.1 Å². The van der Waals surface area contributed by atoms with E-state index in [1.165, 1.54) is 0 Å². The molecule has 0 saturated heterocycles. The smallest absolute Gasteiger partial charge is 0.445 e. The molecule has 0 radical (unpaired) electrons. The molecule has 3 rings (SSSR count). The summed E-state index contributed by atoms with van der Waals surface area (Å²) in [6.07, 6.45) is -0.355. The Kier molecular flexibility index (Phi) is 5.95. The SMILES string of the molecule is O=C(NCCc1c(SC(F)(F)F)[nH]c2ccccc12)OCc1ccccc1. The fraction of sp³-hybridized carbons (Fsp3) is 0.211. The van der Waals surface area contributed by atoms with E-state index in [1.807, 2.05) is 30.3 Å². The molecule has 0 aliphatic heterocycles. The van der Waals surface area contributed by atoms with Gasteiger partial charge in [0, 0.05) is 29.2 Å². The number of alkyl carbamates (subject to hydrolysis) is 1. The van der Waals surface area contributed by atoms with Gasteiger partial charge in [-0.3, -0.25) is 0 Å². The Morgan fingerprint density at radius 2 is 1.78 bits per heavy atom. The van der Waals surface area contributed by atoms with Gasteiger partial charge in [-0.25, -0.2) is 4.79 Å². The van der Waals surface area contributed by atoms with E-state index in [4.69, 9.17) is 4.74 Å². The summed E-state index contributed by atoms with van der Waals surface area (Å²) in [5.74, 6) is 0. The Balaban J connectivity index is 1.60. The number of thioether (sulfide) groups is 1. The second-order valence-electron chi connectivity index (χ2n) is 5.76. The molecule has 0 aliphatic carbocycles. The molecular formula is C19H17F3N2O2S. The van der Waals surface area contributed by atoms with Crippen molar-refractivity contribution in [2.24, 2.45) is 0 Å². The zero-order valence-corrected chi connectivity index (χ0v) is 15.0. The second kappa shape index (κ2) is 8.39. The number of alkyl halides is 3. The summed E-state index contributed by atoms with van der Waals surface area (Å²) in [6, 6.07) is 16.2. The summed E-state index contributed by atoms with van der Waals surface area (Å²) in [5, 5.41) is 3.34. The zero-order chi connectivity index (χ0) is 19.3. The first-order chi connectivity index (χ1) is 12.9. The van der Waals surface area contributed by atoms with Gasteiger partial charge in [0.25, 0.3) is 0 Å². The maximum Gasteiger partial charge on any atom is 0.447 e. The molecule has 1 heterocycles. The molecule has 4 nitrogen and oxygen atoms in total. The molecule has 2 aromatic carbocycles. The normalized spacial score (nSPS) is 11.5. The van der Waals surface area contributed by atoms with Crippen LogP contribution in [0.25, 0.3) is 10.9 Å². The summed E-state index contributed by atoms with van der Waals surface area (Å²) >= 11 is -0.180. The largest absolute Gasteiger partial charge is 0.447 e. The number of aromatic amines is 1. The molecule has 2 N–H and O–H groups in total. The number of carbonyl (C=O) groups is 1. The van der Waals surface area contributed by atoms with Crippen molar-refractivity contribution in [3.8, 4) is 0 Å². The minimum atomic E-state index is -4.39. The molecule has 0 aliphatic rings. The van der Waals surface area contributed by atoms with E-state index in [-0.39, 0.29) is 36.4 Å². The molecular weight excluding hydrogens is 377 g/mol. The van der Waals surface area contributed by atoms with Crippen LogP contribution in [0.15, 0.2) is 59.6 Å². The van der Waals surface area contributed by atoms with Crippen molar-refractivity contribution in [3.63, 3.8) is 0 Å². The molecule has 0 fully saturated rings. The zero-order valence-electron chi connectivity index (χ0n) is 14.2. The van der Waals surface area contributed by atoms with Gasteiger partial charge in [0.1, 0.15) is 6.61 Å². The molecule has 0 spiro atoms. The fourth-order valence-corrected chi connectivity index (χ4v) is 3.42. The van der Waals surface area contributed by atoms with E-state index in [2.05, 4.69) is 10.3 Å². The third-order valence-electron chi connectivity index (χ3n) is 3.85. The van der Waals surface area contributed by atoms with Crippen LogP contribution in [0.5, 0.6) is 0 Å². The highest BCUT2D eigenvalue weighted by Gasteiger charge is 2.31. The van der Waals surface area contributed by atoms with Crippen LogP contribution in [0, 0.1) is 0 Å². The molecule has 0 unspecified atom stereocenters. The second-order valence-corrected chi connectivity index (χ2v) is 6.84. The van der Waals surface area contributed by atoms with Gasteiger partial charge in [0.15, 0.2) is 0 Å². The van der Waals surface area contributed by atoms with Crippen molar-refractivity contribution in [2.75, 3.05) is 6.54 Å². The lowest BCUT2D eigenvalue weighted by Crippen LogP contribution is -2.26. The average Bonchev–Trinajstić information content (AvgIpc) is 2.96. The lowest BCUT2D eigenvalue weighted by atomic mass is 10.1. The Labute approximate surface area is 158 Å². The van der Waals surface area contributed by atoms with Crippen LogP contribution >= 0.6 is 11.8 Å². The maximum atomic E-state index is 12.8. The number of nitrogens with one attached hydrogen (secondary N) is 2. The number of hydrogen-bond acceptors (Lipinski definition) is 3. The highest BCUT2D eigenvalue weighted by atomic mass is 32.2. The highest BCUT2D eigenvalue weighted by Crippen LogP contribution is 2.40. The fourth-order valence-electron chi connectivity index (χ4n) is 2.69. The van der Waals surface area contributed by atoms with Crippen molar-refractivity contribution in [1.82, 2.24) is 10.3 Å². The van der Waals surface area contributed by atoms with E-state index < -0.39 is 11.6 Å². The molecule has 1 aromatic heterocycles. The third-order valence-corrected chi connectivity index (χ3v) is 4.63. The molecule has 0 atom stereocenters. The first-order valence-corrected chi connectivity index (χ1v) is 9.04. The summed E-state index contributed by atoms with van der Waals surface area (Å²) < 4.78 is 43.5. The lowest BCUT2D eigenvalue weighted by molar-refractivity contribution is -0.0329. The van der Waals surface area contributed by atoms with Gasteiger partial charge >= 0.3 is 11.6 Å². The van der Waals surface area contributed by atoms with Crippen molar-refractivity contribution >= 4 is 28.8 Å². The van der Waals surface area contributed by atoms with Crippen molar-refractivity contribution < 1.29 is 22.7 Å². The van der Waals surface area contributed by atoms with E-state index in [0.29, 0.717) is 16.5 Å². The van der Waals surface area contributed by atoms with Crippen LogP contribution in [-0.2, 0) is 17.8 Å². The predicted molar refractivity (Wildman–Crippen MR) is 98.5 cm³/mol. The van der Waals surface area contributed by atoms with Crippen molar-refractivity contribution in [3.05, 3.63) is 65.7 Å². The van der Waals surface area contributed by atoms with E-state index in [9.17, 15) is 18.0 Å². The summed E-state index contributed by atoms with van der Waals surface area (Å²) in [5.41, 5.74) is -2.38. The number of ether oxygens (including phenoxy) is 1. The first-order valence-electron chi connectivity index (χ1n) is 8.22. The Morgan fingerprint density at radius 1 is 1.07 bits per heavy atom. The maximum absolute atomic E-state index is 12.8. The molecule has 1 amide bonds. The number of aromatic nitrogens is 1. The van der Waals surface area contributed by atoms with E-state index >= 15 is 0 Å². The molecule has 3 aromatic rings. The Bertz CT molecular complexity index is 910. The topological polar surface area (TPSA) is 54.1 Å². The number of hydrogen-bond donors (Lipinski definition) is 2. The average molecular weight is 394 g/mol. The molecule has 27 heavy (non-hydrogen) atoms. The number of H-pyrrole nitrogens is 1. The van der Waals surface area contributed by atoms with Gasteiger partial charge in [-0.2, -0.15) is 13.2 Å². The molecule has 142 valence electrons. The number of para-hydroxylation sites is 1. The lowest BCUT2D eigenvalue weighted by Gasteiger charge is -2.09. The van der Waals surface area contributed by atoms with Crippen LogP contribution in [0.4, 0.5) is 18.0 Å². The van der Waals surface area contributed by atoms with Crippen LogP contribution in [-0.4, -0.2) is 23.1 Å². The van der Waals surface area contributed by atoms with E-state index in [1.54, 1.807) is 24.3 Å². The minimum Gasteiger partial charge on any atom is -0.445 e. The Morgan fingerprint density at radius 3 is 2.52 bits per heavy atom. The van der Waals surface area contributed by atoms with Crippen molar-refractivity contribution in [1.29, 1.82) is 0 Å². The predicted octanol–water partition coefficient (Wildman–Crippen LogP) is 5.25. The van der Waals surface area contributed by atoms with Gasteiger partial charge < -0.3 is 15.0 Å². The van der Waals surface area contributed by atoms with Gasteiger partial charge in [-0.1, -0.05) is 48.5 Å². The summed E-state index contributed by atoms with van der Waals surface area (Å²) in [7, 11) is 0. The van der Waals surface area contributed by atoms with Gasteiger partial charge in [0.2, 0.25) is 0 Å². The number of amides is 1. The number of benzene rings is 2. The van der Waals surface area contributed by atoms with Gasteiger partial charge in [-0.15, -0.1) is 0 Å². The van der Waals surface area contributed by atoms with Crippen LogP contribution in [0.2, 0.25) is 0 Å². The summed E-state index contributed by atoms with van der Waals surface area (Å²) in [6.45, 7) is 0.301. The minimum absolute atomic E-state index is 0.0446.